The third kappa shape index (κ3) is 4.60. The zero-order valence-corrected chi connectivity index (χ0v) is 17.5. The fourth-order valence-corrected chi connectivity index (χ4v) is 4.35. The molecule has 152 valence electrons. The van der Waals surface area contributed by atoms with E-state index in [1.807, 2.05) is 25.1 Å². The summed E-state index contributed by atoms with van der Waals surface area (Å²) in [6.45, 7) is 2.19. The second kappa shape index (κ2) is 9.82. The number of hydrogen-bond donors (Lipinski definition) is 0. The maximum absolute atomic E-state index is 11.8. The molecule has 0 unspecified atom stereocenters. The molecule has 1 saturated carbocycles. The molecule has 1 aliphatic carbocycles. The van der Waals surface area contributed by atoms with Crippen molar-refractivity contribution in [3.05, 3.63) is 18.2 Å². The van der Waals surface area contributed by atoms with Crippen LogP contribution in [0.3, 0.4) is 0 Å². The van der Waals surface area contributed by atoms with Gasteiger partial charge in [0.2, 0.25) is 0 Å². The molecule has 0 N–H and O–H groups in total. The number of benzene rings is 1. The smallest absolute Gasteiger partial charge is 0.316 e. The highest BCUT2D eigenvalue weighted by atomic mass is 32.2. The minimum Gasteiger partial charge on any atom is -0.493 e. The first-order valence-electron chi connectivity index (χ1n) is 9.63. The molecule has 0 radical (unpaired) electrons. The Morgan fingerprint density at radius 2 is 1.89 bits per heavy atom. The first kappa shape index (κ1) is 20.5. The topological polar surface area (TPSA) is 75.5 Å². The van der Waals surface area contributed by atoms with E-state index in [9.17, 15) is 4.79 Å². The van der Waals surface area contributed by atoms with Gasteiger partial charge in [0, 0.05) is 11.6 Å². The van der Waals surface area contributed by atoms with Gasteiger partial charge >= 0.3 is 5.97 Å². The maximum atomic E-state index is 11.8. The quantitative estimate of drug-likeness (QED) is 0.483. The van der Waals surface area contributed by atoms with Crippen LogP contribution in [0, 0.1) is 0 Å². The van der Waals surface area contributed by atoms with Gasteiger partial charge in [0.05, 0.1) is 26.6 Å². The molecule has 1 aromatic carbocycles. The van der Waals surface area contributed by atoms with Crippen LogP contribution in [0.5, 0.6) is 11.5 Å². The Labute approximate surface area is 169 Å². The van der Waals surface area contributed by atoms with E-state index in [0.29, 0.717) is 24.1 Å². The number of aromatic nitrogens is 3. The van der Waals surface area contributed by atoms with Crippen molar-refractivity contribution in [2.24, 2.45) is 0 Å². The summed E-state index contributed by atoms with van der Waals surface area (Å²) in [5.74, 6) is 2.10. The Morgan fingerprint density at radius 3 is 2.57 bits per heavy atom. The van der Waals surface area contributed by atoms with Gasteiger partial charge in [0.15, 0.2) is 22.5 Å². The van der Waals surface area contributed by atoms with Crippen LogP contribution < -0.4 is 9.47 Å². The standard InChI is InChI=1S/C20H27N3O4S/c1-4-27-18(24)13-28-20-22-21-19(23(20)15-8-6-5-7-9-15)14-10-11-16(25-2)17(12-14)26-3/h10-12,15H,4-9,13H2,1-3H3. The highest BCUT2D eigenvalue weighted by Crippen LogP contribution is 2.38. The number of methoxy groups -OCH3 is 2. The molecule has 0 aliphatic heterocycles. The Kier molecular flexibility index (Phi) is 7.19. The van der Waals surface area contributed by atoms with Crippen molar-refractivity contribution in [3.63, 3.8) is 0 Å². The van der Waals surface area contributed by atoms with Crippen LogP contribution in [-0.2, 0) is 9.53 Å². The Morgan fingerprint density at radius 1 is 1.14 bits per heavy atom. The molecular formula is C20H27N3O4S. The minimum absolute atomic E-state index is 0.227. The van der Waals surface area contributed by atoms with Gasteiger partial charge in [-0.1, -0.05) is 31.0 Å². The van der Waals surface area contributed by atoms with Crippen LogP contribution in [0.2, 0.25) is 0 Å². The molecule has 8 heteroatoms. The van der Waals surface area contributed by atoms with Gasteiger partial charge in [-0.2, -0.15) is 0 Å². The summed E-state index contributed by atoms with van der Waals surface area (Å²) in [6.07, 6.45) is 5.82. The van der Waals surface area contributed by atoms with Gasteiger partial charge < -0.3 is 14.2 Å². The number of hydrogen-bond acceptors (Lipinski definition) is 7. The van der Waals surface area contributed by atoms with Crippen LogP contribution in [0.1, 0.15) is 45.1 Å². The third-order valence-electron chi connectivity index (χ3n) is 4.87. The van der Waals surface area contributed by atoms with E-state index in [0.717, 1.165) is 29.4 Å². The van der Waals surface area contributed by atoms with Crippen molar-refractivity contribution in [2.45, 2.75) is 50.2 Å². The molecule has 28 heavy (non-hydrogen) atoms. The monoisotopic (exact) mass is 405 g/mol. The normalized spacial score (nSPS) is 14.7. The van der Waals surface area contributed by atoms with Gasteiger partial charge in [-0.05, 0) is 38.0 Å². The fraction of sp³-hybridized carbons (Fsp3) is 0.550. The lowest BCUT2D eigenvalue weighted by atomic mass is 9.95. The number of nitrogens with zero attached hydrogens (tertiary/aromatic N) is 3. The molecule has 1 heterocycles. The molecule has 3 rings (SSSR count). The van der Waals surface area contributed by atoms with E-state index >= 15 is 0 Å². The van der Waals surface area contributed by atoms with Crippen molar-refractivity contribution in [3.8, 4) is 22.9 Å². The molecular weight excluding hydrogens is 378 g/mol. The van der Waals surface area contributed by atoms with Crippen LogP contribution in [-0.4, -0.2) is 47.3 Å². The van der Waals surface area contributed by atoms with Crippen molar-refractivity contribution in [2.75, 3.05) is 26.6 Å². The average molecular weight is 406 g/mol. The van der Waals surface area contributed by atoms with Crippen molar-refractivity contribution in [1.29, 1.82) is 0 Å². The first-order chi connectivity index (χ1) is 13.7. The van der Waals surface area contributed by atoms with Crippen LogP contribution in [0.15, 0.2) is 23.4 Å². The van der Waals surface area contributed by atoms with Crippen LogP contribution in [0.4, 0.5) is 0 Å². The lowest BCUT2D eigenvalue weighted by Crippen LogP contribution is -2.16. The molecule has 0 saturated heterocycles. The summed E-state index contributed by atoms with van der Waals surface area (Å²) in [5.41, 5.74) is 0.915. The molecule has 2 aromatic rings. The summed E-state index contributed by atoms with van der Waals surface area (Å²) in [5, 5.41) is 9.61. The number of thioether (sulfide) groups is 1. The maximum Gasteiger partial charge on any atom is 0.316 e. The fourth-order valence-electron chi connectivity index (χ4n) is 3.54. The predicted molar refractivity (Wildman–Crippen MR) is 108 cm³/mol. The zero-order chi connectivity index (χ0) is 19.9. The van der Waals surface area contributed by atoms with Gasteiger partial charge in [0.25, 0.3) is 0 Å². The lowest BCUT2D eigenvalue weighted by molar-refractivity contribution is -0.139. The predicted octanol–water partition coefficient (Wildman–Crippen LogP) is 4.12. The highest BCUT2D eigenvalue weighted by molar-refractivity contribution is 7.99. The van der Waals surface area contributed by atoms with Gasteiger partial charge in [-0.15, -0.1) is 10.2 Å². The Hall–Kier alpha value is -2.22. The molecule has 1 fully saturated rings. The van der Waals surface area contributed by atoms with Crippen molar-refractivity contribution < 1.29 is 19.0 Å². The molecule has 0 atom stereocenters. The van der Waals surface area contributed by atoms with E-state index < -0.39 is 0 Å². The molecule has 0 spiro atoms. The number of carbonyl (C=O) groups excluding carboxylic acids is 1. The Balaban J connectivity index is 1.95. The summed E-state index contributed by atoms with van der Waals surface area (Å²) >= 11 is 1.38. The molecule has 7 nitrogen and oxygen atoms in total. The van der Waals surface area contributed by atoms with E-state index in [2.05, 4.69) is 14.8 Å². The SMILES string of the molecule is CCOC(=O)CSc1nnc(-c2ccc(OC)c(OC)c2)n1C1CCCCC1. The number of ether oxygens (including phenoxy) is 3. The van der Waals surface area contributed by atoms with Crippen molar-refractivity contribution in [1.82, 2.24) is 14.8 Å². The van der Waals surface area contributed by atoms with E-state index in [1.165, 1.54) is 31.0 Å². The van der Waals surface area contributed by atoms with Gasteiger partial charge in [0.1, 0.15) is 0 Å². The first-order valence-corrected chi connectivity index (χ1v) is 10.6. The Bertz CT molecular complexity index is 803. The summed E-state index contributed by atoms with van der Waals surface area (Å²) in [6, 6.07) is 6.09. The molecule has 0 amide bonds. The minimum atomic E-state index is -0.238. The van der Waals surface area contributed by atoms with E-state index in [-0.39, 0.29) is 11.7 Å². The summed E-state index contributed by atoms with van der Waals surface area (Å²) in [4.78, 5) is 11.8. The molecule has 0 bridgehead atoms. The van der Waals surface area contributed by atoms with Gasteiger partial charge in [-0.25, -0.2) is 0 Å². The molecule has 1 aromatic heterocycles. The summed E-state index contributed by atoms with van der Waals surface area (Å²) < 4.78 is 18.0. The third-order valence-corrected chi connectivity index (χ3v) is 5.79. The van der Waals surface area contributed by atoms with E-state index in [4.69, 9.17) is 14.2 Å². The van der Waals surface area contributed by atoms with E-state index in [1.54, 1.807) is 14.2 Å². The van der Waals surface area contributed by atoms with Gasteiger partial charge in [-0.3, -0.25) is 9.36 Å². The lowest BCUT2D eigenvalue weighted by Gasteiger charge is -2.25. The zero-order valence-electron chi connectivity index (χ0n) is 16.6. The average Bonchev–Trinajstić information content (AvgIpc) is 3.16. The number of rotatable bonds is 8. The summed E-state index contributed by atoms with van der Waals surface area (Å²) in [7, 11) is 3.24. The van der Waals surface area contributed by atoms with Crippen molar-refractivity contribution >= 4 is 17.7 Å². The van der Waals surface area contributed by atoms with Crippen LogP contribution in [0.25, 0.3) is 11.4 Å². The second-order valence-corrected chi connectivity index (χ2v) is 7.57. The number of carbonyl (C=O) groups is 1. The van der Waals surface area contributed by atoms with Crippen LogP contribution >= 0.6 is 11.8 Å². The second-order valence-electron chi connectivity index (χ2n) is 6.63. The molecule has 1 aliphatic rings. The largest absolute Gasteiger partial charge is 0.493 e. The highest BCUT2D eigenvalue weighted by Gasteiger charge is 2.25. The number of esters is 1.